The Kier molecular flexibility index (Phi) is 5.65. The summed E-state index contributed by atoms with van der Waals surface area (Å²) >= 11 is 0. The molecule has 0 aromatic heterocycles. The molecule has 0 aliphatic heterocycles. The van der Waals surface area contributed by atoms with E-state index in [9.17, 15) is 19.1 Å². The number of halogens is 1. The number of rotatable bonds is 4. The number of nitrogens with one attached hydrogen (secondary N) is 1. The van der Waals surface area contributed by atoms with Gasteiger partial charge in [0.05, 0.1) is 6.04 Å². The number of carbonyl (C=O) groups is 2. The Morgan fingerprint density at radius 1 is 1.12 bits per heavy atom. The van der Waals surface area contributed by atoms with Crippen LogP contribution >= 0.6 is 0 Å². The number of benzene rings is 2. The van der Waals surface area contributed by atoms with Crippen LogP contribution in [0.3, 0.4) is 0 Å². The molecule has 0 heterocycles. The van der Waals surface area contributed by atoms with Gasteiger partial charge in [-0.05, 0) is 50.5 Å². The van der Waals surface area contributed by atoms with Gasteiger partial charge in [0.2, 0.25) is 0 Å². The number of carbonyl (C=O) groups excluding carboxylic acids is 1. The molecule has 2 aromatic carbocycles. The summed E-state index contributed by atoms with van der Waals surface area (Å²) in [6.07, 6.45) is -0.521. The normalized spacial score (nSPS) is 12.3. The lowest BCUT2D eigenvalue weighted by Crippen LogP contribution is -2.34. The predicted octanol–water partition coefficient (Wildman–Crippen LogP) is 4.78. The zero-order valence-corrected chi connectivity index (χ0v) is 15.2. The zero-order chi connectivity index (χ0) is 19.5. The third-order valence-corrected chi connectivity index (χ3v) is 3.68. The Labute approximate surface area is 151 Å². The second kappa shape index (κ2) is 7.56. The number of ether oxygens (including phenoxy) is 1. The zero-order valence-electron chi connectivity index (χ0n) is 15.2. The highest BCUT2D eigenvalue weighted by molar-refractivity contribution is 5.96. The Hall–Kier alpha value is -2.89. The number of alkyl carbamates (subject to hydrolysis) is 1. The van der Waals surface area contributed by atoms with Crippen LogP contribution in [0, 0.1) is 5.82 Å². The smallest absolute Gasteiger partial charge is 0.408 e. The molecule has 26 heavy (non-hydrogen) atoms. The quantitative estimate of drug-likeness (QED) is 0.824. The van der Waals surface area contributed by atoms with Gasteiger partial charge in [-0.2, -0.15) is 0 Å². The van der Waals surface area contributed by atoms with Crippen LogP contribution in [0.25, 0.3) is 11.1 Å². The van der Waals surface area contributed by atoms with Gasteiger partial charge in [0.1, 0.15) is 17.0 Å². The number of hydrogen-bond donors (Lipinski definition) is 2. The van der Waals surface area contributed by atoms with Crippen LogP contribution in [0.1, 0.15) is 49.7 Å². The number of aromatic carboxylic acids is 1. The molecule has 1 atom stereocenters. The van der Waals surface area contributed by atoms with Gasteiger partial charge in [-0.15, -0.1) is 0 Å². The van der Waals surface area contributed by atoms with Crippen molar-refractivity contribution in [3.8, 4) is 11.1 Å². The molecule has 0 bridgehead atoms. The fourth-order valence-corrected chi connectivity index (χ4v) is 2.50. The first-order valence-corrected chi connectivity index (χ1v) is 8.20. The average Bonchev–Trinajstić information content (AvgIpc) is 2.52. The van der Waals surface area contributed by atoms with Crippen molar-refractivity contribution in [2.24, 2.45) is 0 Å². The Bertz CT molecular complexity index is 810. The van der Waals surface area contributed by atoms with Crippen molar-refractivity contribution < 1.29 is 23.8 Å². The third-order valence-electron chi connectivity index (χ3n) is 3.68. The maximum atomic E-state index is 13.8. The van der Waals surface area contributed by atoms with Crippen molar-refractivity contribution in [3.05, 3.63) is 59.4 Å². The van der Waals surface area contributed by atoms with Crippen LogP contribution in [-0.4, -0.2) is 22.8 Å². The van der Waals surface area contributed by atoms with Crippen LogP contribution in [-0.2, 0) is 4.74 Å². The van der Waals surface area contributed by atoms with Crippen LogP contribution in [0.2, 0.25) is 0 Å². The molecular formula is C20H22FNO4. The molecule has 1 amide bonds. The number of amides is 1. The Morgan fingerprint density at radius 3 is 2.27 bits per heavy atom. The predicted molar refractivity (Wildman–Crippen MR) is 96.6 cm³/mol. The molecule has 2 N–H and O–H groups in total. The Balaban J connectivity index is 2.20. The molecule has 0 spiro atoms. The molecule has 0 aliphatic carbocycles. The molecule has 2 rings (SSSR count). The first-order valence-electron chi connectivity index (χ1n) is 8.20. The summed E-state index contributed by atoms with van der Waals surface area (Å²) in [4.78, 5) is 23.2. The molecule has 2 aromatic rings. The van der Waals surface area contributed by atoms with Crippen LogP contribution in [0.4, 0.5) is 9.18 Å². The molecule has 0 saturated carbocycles. The lowest BCUT2D eigenvalue weighted by Gasteiger charge is -2.22. The maximum Gasteiger partial charge on any atom is 0.408 e. The van der Waals surface area contributed by atoms with E-state index in [4.69, 9.17) is 4.74 Å². The van der Waals surface area contributed by atoms with E-state index in [2.05, 4.69) is 5.32 Å². The molecule has 0 fully saturated rings. The standard InChI is InChI=1S/C20H22FNO4/c1-12(22-19(25)26-20(2,3)4)13-8-10-14(11-9-13)15-6-5-7-16(21)17(15)18(23)24/h5-12H,1-4H3,(H,22,25)(H,23,24)/t12-/m1/s1. The molecule has 0 aliphatic rings. The SMILES string of the molecule is C[C@@H](NC(=O)OC(C)(C)C)c1ccc(-c2cccc(F)c2C(=O)O)cc1. The minimum absolute atomic E-state index is 0.301. The largest absolute Gasteiger partial charge is 0.478 e. The second-order valence-electron chi connectivity index (χ2n) is 6.96. The van der Waals surface area contributed by atoms with Crippen molar-refractivity contribution >= 4 is 12.1 Å². The molecule has 138 valence electrons. The summed E-state index contributed by atoms with van der Waals surface area (Å²) in [5.41, 5.74) is 0.748. The van der Waals surface area contributed by atoms with E-state index >= 15 is 0 Å². The summed E-state index contributed by atoms with van der Waals surface area (Å²) < 4.78 is 19.1. The van der Waals surface area contributed by atoms with E-state index in [0.29, 0.717) is 11.1 Å². The van der Waals surface area contributed by atoms with Crippen molar-refractivity contribution in [1.29, 1.82) is 0 Å². The van der Waals surface area contributed by atoms with E-state index in [-0.39, 0.29) is 11.6 Å². The highest BCUT2D eigenvalue weighted by Gasteiger charge is 2.19. The number of carboxylic acids is 1. The minimum Gasteiger partial charge on any atom is -0.478 e. The van der Waals surface area contributed by atoms with Gasteiger partial charge < -0.3 is 15.2 Å². The fraction of sp³-hybridized carbons (Fsp3) is 0.300. The highest BCUT2D eigenvalue weighted by atomic mass is 19.1. The topological polar surface area (TPSA) is 75.6 Å². The van der Waals surface area contributed by atoms with E-state index in [1.165, 1.54) is 6.07 Å². The summed E-state index contributed by atoms with van der Waals surface area (Å²) in [6.45, 7) is 7.16. The highest BCUT2D eigenvalue weighted by Crippen LogP contribution is 2.27. The maximum absolute atomic E-state index is 13.8. The first kappa shape index (κ1) is 19.4. The minimum atomic E-state index is -1.32. The summed E-state index contributed by atoms with van der Waals surface area (Å²) in [5, 5.41) is 12.0. The number of carboxylic acid groups (broad SMARTS) is 1. The number of hydrogen-bond acceptors (Lipinski definition) is 3. The molecule has 5 nitrogen and oxygen atoms in total. The van der Waals surface area contributed by atoms with Crippen LogP contribution in [0.15, 0.2) is 42.5 Å². The van der Waals surface area contributed by atoms with E-state index in [0.717, 1.165) is 11.6 Å². The van der Waals surface area contributed by atoms with E-state index in [1.54, 1.807) is 51.1 Å². The molecular weight excluding hydrogens is 337 g/mol. The van der Waals surface area contributed by atoms with E-state index in [1.807, 2.05) is 6.92 Å². The van der Waals surface area contributed by atoms with Gasteiger partial charge in [0.15, 0.2) is 0 Å². The molecule has 0 radical (unpaired) electrons. The van der Waals surface area contributed by atoms with Gasteiger partial charge in [0.25, 0.3) is 0 Å². The second-order valence-corrected chi connectivity index (χ2v) is 6.96. The van der Waals surface area contributed by atoms with Gasteiger partial charge >= 0.3 is 12.1 Å². The summed E-state index contributed by atoms with van der Waals surface area (Å²) in [6, 6.07) is 10.8. The van der Waals surface area contributed by atoms with Crippen molar-refractivity contribution in [3.63, 3.8) is 0 Å². The lowest BCUT2D eigenvalue weighted by molar-refractivity contribution is 0.0507. The van der Waals surface area contributed by atoms with E-state index < -0.39 is 23.5 Å². The van der Waals surface area contributed by atoms with Crippen molar-refractivity contribution in [2.75, 3.05) is 0 Å². The van der Waals surface area contributed by atoms with Gasteiger partial charge in [-0.3, -0.25) is 0 Å². The van der Waals surface area contributed by atoms with Gasteiger partial charge in [-0.1, -0.05) is 36.4 Å². The van der Waals surface area contributed by atoms with Crippen molar-refractivity contribution in [2.45, 2.75) is 39.3 Å². The van der Waals surface area contributed by atoms with Crippen LogP contribution in [0.5, 0.6) is 0 Å². The summed E-state index contributed by atoms with van der Waals surface area (Å²) in [7, 11) is 0. The lowest BCUT2D eigenvalue weighted by atomic mass is 9.97. The third kappa shape index (κ3) is 4.81. The fourth-order valence-electron chi connectivity index (χ4n) is 2.50. The van der Waals surface area contributed by atoms with Gasteiger partial charge in [-0.25, -0.2) is 14.0 Å². The Morgan fingerprint density at radius 2 is 1.73 bits per heavy atom. The molecule has 0 unspecified atom stereocenters. The molecule has 0 saturated heterocycles. The van der Waals surface area contributed by atoms with Crippen LogP contribution < -0.4 is 5.32 Å². The van der Waals surface area contributed by atoms with Gasteiger partial charge in [0, 0.05) is 0 Å². The van der Waals surface area contributed by atoms with Crippen molar-refractivity contribution in [1.82, 2.24) is 5.32 Å². The first-order chi connectivity index (χ1) is 12.1. The summed E-state index contributed by atoms with van der Waals surface area (Å²) in [5.74, 6) is -2.10. The monoisotopic (exact) mass is 359 g/mol. The molecule has 6 heteroatoms. The average molecular weight is 359 g/mol.